The van der Waals surface area contributed by atoms with E-state index < -0.39 is 0 Å². The Bertz CT molecular complexity index is 657. The number of anilines is 2. The molecule has 0 aliphatic carbocycles. The van der Waals surface area contributed by atoms with E-state index in [0.717, 1.165) is 24.5 Å². The molecule has 23 heavy (non-hydrogen) atoms. The summed E-state index contributed by atoms with van der Waals surface area (Å²) in [5.41, 5.74) is 1.84. The number of hydrogen-bond acceptors (Lipinski definition) is 3. The molecule has 0 saturated heterocycles. The zero-order chi connectivity index (χ0) is 16.7. The molecule has 1 N–H and O–H groups in total. The Morgan fingerprint density at radius 3 is 2.57 bits per heavy atom. The minimum absolute atomic E-state index is 0.0841. The zero-order valence-electron chi connectivity index (χ0n) is 13.4. The number of nitrogens with one attached hydrogen (secondary N) is 1. The fraction of sp³-hybridized carbons (Fsp3) is 0.278. The van der Waals surface area contributed by atoms with Crippen molar-refractivity contribution in [1.29, 1.82) is 0 Å². The van der Waals surface area contributed by atoms with Crippen molar-refractivity contribution in [1.82, 2.24) is 0 Å². The Labute approximate surface area is 142 Å². The number of carbonyl (C=O) groups is 1. The minimum atomic E-state index is -0.221. The van der Waals surface area contributed by atoms with Crippen molar-refractivity contribution in [3.63, 3.8) is 0 Å². The van der Waals surface area contributed by atoms with Gasteiger partial charge in [-0.1, -0.05) is 29.8 Å². The van der Waals surface area contributed by atoms with Crippen LogP contribution in [0.1, 0.15) is 13.8 Å². The molecule has 0 heterocycles. The fourth-order valence-corrected chi connectivity index (χ4v) is 2.46. The van der Waals surface area contributed by atoms with E-state index in [2.05, 4.69) is 24.1 Å². The molecule has 0 bridgehead atoms. The van der Waals surface area contributed by atoms with E-state index in [4.69, 9.17) is 16.3 Å². The number of benzene rings is 2. The van der Waals surface area contributed by atoms with Gasteiger partial charge >= 0.3 is 0 Å². The van der Waals surface area contributed by atoms with Crippen molar-refractivity contribution in [2.75, 3.05) is 29.9 Å². The Morgan fingerprint density at radius 2 is 1.87 bits per heavy atom. The molecule has 0 aliphatic rings. The van der Waals surface area contributed by atoms with Gasteiger partial charge in [0.15, 0.2) is 6.61 Å². The molecule has 2 rings (SSSR count). The van der Waals surface area contributed by atoms with Crippen molar-refractivity contribution in [3.05, 3.63) is 53.6 Å². The molecule has 0 aromatic heterocycles. The molecular formula is C18H21ClN2O2. The summed E-state index contributed by atoms with van der Waals surface area (Å²) in [6, 6.07) is 14.9. The third-order valence-corrected chi connectivity index (χ3v) is 3.77. The highest BCUT2D eigenvalue weighted by Crippen LogP contribution is 2.23. The van der Waals surface area contributed by atoms with Crippen LogP contribution in [0.5, 0.6) is 5.75 Å². The molecule has 0 radical (unpaired) electrons. The topological polar surface area (TPSA) is 41.6 Å². The third kappa shape index (κ3) is 4.89. The summed E-state index contributed by atoms with van der Waals surface area (Å²) in [4.78, 5) is 14.2. The van der Waals surface area contributed by atoms with E-state index in [-0.39, 0.29) is 12.5 Å². The molecule has 2 aromatic rings. The number of rotatable bonds is 7. The fourth-order valence-electron chi connectivity index (χ4n) is 2.27. The van der Waals surface area contributed by atoms with Crippen LogP contribution in [0.25, 0.3) is 0 Å². The Hall–Kier alpha value is -2.20. The molecule has 2 aromatic carbocycles. The zero-order valence-corrected chi connectivity index (χ0v) is 14.1. The molecule has 4 nitrogen and oxygen atoms in total. The van der Waals surface area contributed by atoms with E-state index in [1.807, 2.05) is 36.4 Å². The summed E-state index contributed by atoms with van der Waals surface area (Å²) >= 11 is 5.99. The molecule has 1 amide bonds. The summed E-state index contributed by atoms with van der Waals surface area (Å²) in [5, 5.41) is 3.33. The van der Waals surface area contributed by atoms with Gasteiger partial charge < -0.3 is 15.0 Å². The molecule has 122 valence electrons. The highest BCUT2D eigenvalue weighted by molar-refractivity contribution is 6.32. The summed E-state index contributed by atoms with van der Waals surface area (Å²) in [6.07, 6.45) is 0. The van der Waals surface area contributed by atoms with Gasteiger partial charge in [-0.2, -0.15) is 0 Å². The number of ether oxygens (including phenoxy) is 1. The number of carbonyl (C=O) groups excluding carboxylic acids is 1. The van der Waals surface area contributed by atoms with Crippen molar-refractivity contribution in [2.45, 2.75) is 13.8 Å². The van der Waals surface area contributed by atoms with Crippen LogP contribution in [-0.4, -0.2) is 25.6 Å². The van der Waals surface area contributed by atoms with E-state index in [1.165, 1.54) is 0 Å². The van der Waals surface area contributed by atoms with Crippen LogP contribution < -0.4 is 15.0 Å². The maximum absolute atomic E-state index is 12.0. The van der Waals surface area contributed by atoms with E-state index in [9.17, 15) is 4.79 Å². The first-order valence-electron chi connectivity index (χ1n) is 7.66. The van der Waals surface area contributed by atoms with Crippen molar-refractivity contribution >= 4 is 28.9 Å². The largest absolute Gasteiger partial charge is 0.482 e. The number of nitrogens with zero attached hydrogens (tertiary/aromatic N) is 1. The maximum atomic E-state index is 12.0. The Kier molecular flexibility index (Phi) is 6.29. The van der Waals surface area contributed by atoms with Crippen LogP contribution in [0.4, 0.5) is 11.4 Å². The van der Waals surface area contributed by atoms with Crippen LogP contribution in [0.2, 0.25) is 5.02 Å². The average molecular weight is 333 g/mol. The highest BCUT2D eigenvalue weighted by Gasteiger charge is 2.07. The molecule has 0 unspecified atom stereocenters. The first-order chi connectivity index (χ1) is 11.1. The van der Waals surface area contributed by atoms with Gasteiger partial charge in [-0.05, 0) is 44.2 Å². The predicted octanol–water partition coefficient (Wildman–Crippen LogP) is 4.20. The molecule has 0 atom stereocenters. The lowest BCUT2D eigenvalue weighted by Crippen LogP contribution is -2.23. The molecule has 0 aliphatic heterocycles. The summed E-state index contributed by atoms with van der Waals surface area (Å²) in [6.45, 7) is 5.96. The number of halogens is 1. The molecule has 5 heteroatoms. The molecule has 0 fully saturated rings. The number of para-hydroxylation sites is 1. The Balaban J connectivity index is 1.95. The SMILES string of the molecule is CCN(CC)c1cccc(NC(=O)COc2ccccc2Cl)c1. The number of amides is 1. The first-order valence-corrected chi connectivity index (χ1v) is 8.04. The monoisotopic (exact) mass is 332 g/mol. The van der Waals surface area contributed by atoms with Crippen LogP contribution in [0.15, 0.2) is 48.5 Å². The van der Waals surface area contributed by atoms with Crippen LogP contribution >= 0.6 is 11.6 Å². The molecular weight excluding hydrogens is 312 g/mol. The number of hydrogen-bond donors (Lipinski definition) is 1. The first kappa shape index (κ1) is 17.2. The van der Waals surface area contributed by atoms with Gasteiger partial charge in [0.1, 0.15) is 5.75 Å². The van der Waals surface area contributed by atoms with Gasteiger partial charge in [0.2, 0.25) is 0 Å². The summed E-state index contributed by atoms with van der Waals surface area (Å²) in [7, 11) is 0. The Morgan fingerprint density at radius 1 is 1.13 bits per heavy atom. The van der Waals surface area contributed by atoms with Gasteiger partial charge in [-0.25, -0.2) is 0 Å². The summed E-state index contributed by atoms with van der Waals surface area (Å²) < 4.78 is 5.44. The van der Waals surface area contributed by atoms with E-state index in [0.29, 0.717) is 10.8 Å². The van der Waals surface area contributed by atoms with Gasteiger partial charge in [0.25, 0.3) is 5.91 Å². The lowest BCUT2D eigenvalue weighted by Gasteiger charge is -2.21. The summed E-state index contributed by atoms with van der Waals surface area (Å²) in [5.74, 6) is 0.280. The maximum Gasteiger partial charge on any atom is 0.262 e. The van der Waals surface area contributed by atoms with E-state index in [1.54, 1.807) is 12.1 Å². The molecule has 0 saturated carbocycles. The average Bonchev–Trinajstić information content (AvgIpc) is 2.56. The lowest BCUT2D eigenvalue weighted by atomic mass is 10.2. The van der Waals surface area contributed by atoms with E-state index >= 15 is 0 Å². The quantitative estimate of drug-likeness (QED) is 0.826. The van der Waals surface area contributed by atoms with Crippen molar-refractivity contribution in [3.8, 4) is 5.75 Å². The predicted molar refractivity (Wildman–Crippen MR) is 95.6 cm³/mol. The van der Waals surface area contributed by atoms with Gasteiger partial charge in [0, 0.05) is 24.5 Å². The lowest BCUT2D eigenvalue weighted by molar-refractivity contribution is -0.118. The second kappa shape index (κ2) is 8.44. The van der Waals surface area contributed by atoms with Crippen LogP contribution in [0.3, 0.4) is 0 Å². The minimum Gasteiger partial charge on any atom is -0.482 e. The standard InChI is InChI=1S/C18H21ClN2O2/c1-3-21(4-2)15-9-7-8-14(12-15)20-18(22)13-23-17-11-6-5-10-16(17)19/h5-12H,3-4,13H2,1-2H3,(H,20,22). The van der Waals surface area contributed by atoms with Gasteiger partial charge in [-0.15, -0.1) is 0 Å². The second-order valence-corrected chi connectivity index (χ2v) is 5.40. The van der Waals surface area contributed by atoms with Gasteiger partial charge in [-0.3, -0.25) is 4.79 Å². The van der Waals surface area contributed by atoms with Crippen LogP contribution in [0, 0.1) is 0 Å². The van der Waals surface area contributed by atoms with Crippen molar-refractivity contribution in [2.24, 2.45) is 0 Å². The highest BCUT2D eigenvalue weighted by atomic mass is 35.5. The van der Waals surface area contributed by atoms with Gasteiger partial charge in [0.05, 0.1) is 5.02 Å². The molecule has 0 spiro atoms. The normalized spacial score (nSPS) is 10.2. The smallest absolute Gasteiger partial charge is 0.262 e. The third-order valence-electron chi connectivity index (χ3n) is 3.45. The van der Waals surface area contributed by atoms with Crippen LogP contribution in [-0.2, 0) is 4.79 Å². The van der Waals surface area contributed by atoms with Crippen molar-refractivity contribution < 1.29 is 9.53 Å². The second-order valence-electron chi connectivity index (χ2n) is 4.99.